The summed E-state index contributed by atoms with van der Waals surface area (Å²) in [5.74, 6) is -1.02. The van der Waals surface area contributed by atoms with Crippen molar-refractivity contribution in [1.29, 1.82) is 0 Å². The van der Waals surface area contributed by atoms with Gasteiger partial charge in [0.25, 0.3) is 6.29 Å². The number of rotatable bonds is 9. The lowest BCUT2D eigenvalue weighted by molar-refractivity contribution is -0.177. The molecule has 0 saturated carbocycles. The molecule has 0 bridgehead atoms. The fraction of sp³-hybridized carbons (Fsp3) is 0.579. The van der Waals surface area contributed by atoms with Crippen molar-refractivity contribution in [2.45, 2.75) is 46.8 Å². The van der Waals surface area contributed by atoms with Crippen LogP contribution in [0.5, 0.6) is 0 Å². The largest absolute Gasteiger partial charge is 0.425 e. The molecule has 0 aliphatic carbocycles. The molecule has 1 amide bonds. The summed E-state index contributed by atoms with van der Waals surface area (Å²) in [6.45, 7) is 8.26. The number of ether oxygens (including phenoxy) is 2. The third-order valence-corrected chi connectivity index (χ3v) is 5.25. The molecule has 7 nitrogen and oxygen atoms in total. The zero-order chi connectivity index (χ0) is 21.5. The molecule has 0 aliphatic heterocycles. The molecule has 2 N–H and O–H groups in total. The Balaban J connectivity index is 2.74. The molecular formula is C19H29ClNO6P. The Morgan fingerprint density at radius 1 is 1.21 bits per heavy atom. The van der Waals surface area contributed by atoms with Gasteiger partial charge in [0.05, 0.1) is 16.6 Å². The van der Waals surface area contributed by atoms with Crippen LogP contribution in [0.1, 0.15) is 39.7 Å². The van der Waals surface area contributed by atoms with E-state index in [2.05, 4.69) is 5.32 Å². The molecule has 0 aromatic heterocycles. The van der Waals surface area contributed by atoms with Crippen molar-refractivity contribution < 1.29 is 28.5 Å². The Bertz CT molecular complexity index is 731. The quantitative estimate of drug-likeness (QED) is 0.326. The van der Waals surface area contributed by atoms with E-state index in [0.717, 1.165) is 5.56 Å². The summed E-state index contributed by atoms with van der Waals surface area (Å²) in [6, 6.07) is 5.11. The van der Waals surface area contributed by atoms with Crippen molar-refractivity contribution in [3.8, 4) is 0 Å². The highest BCUT2D eigenvalue weighted by atomic mass is 35.5. The number of amides is 1. The summed E-state index contributed by atoms with van der Waals surface area (Å²) in [5, 5.41) is 2.88. The average Bonchev–Trinajstić information content (AvgIpc) is 2.55. The van der Waals surface area contributed by atoms with Crippen molar-refractivity contribution in [3.63, 3.8) is 0 Å². The van der Waals surface area contributed by atoms with Gasteiger partial charge in [0, 0.05) is 18.7 Å². The van der Waals surface area contributed by atoms with E-state index in [1.807, 2.05) is 0 Å². The molecular weight excluding hydrogens is 405 g/mol. The molecule has 0 aliphatic rings. The van der Waals surface area contributed by atoms with E-state index in [4.69, 9.17) is 21.1 Å². The van der Waals surface area contributed by atoms with Gasteiger partial charge in [0.2, 0.25) is 0 Å². The van der Waals surface area contributed by atoms with E-state index in [9.17, 15) is 19.0 Å². The molecule has 1 aromatic carbocycles. The first kappa shape index (κ1) is 24.5. The third kappa shape index (κ3) is 9.09. The van der Waals surface area contributed by atoms with Crippen molar-refractivity contribution in [2.75, 3.05) is 18.1 Å². The Hall–Kier alpha value is -1.56. The number of anilines is 1. The second-order valence-corrected chi connectivity index (χ2v) is 10.4. The van der Waals surface area contributed by atoms with Gasteiger partial charge >= 0.3 is 12.1 Å². The maximum atomic E-state index is 12.2. The lowest BCUT2D eigenvalue weighted by Crippen LogP contribution is -2.32. The van der Waals surface area contributed by atoms with Gasteiger partial charge in [-0.05, 0) is 30.5 Å². The Morgan fingerprint density at radius 2 is 1.86 bits per heavy atom. The topological polar surface area (TPSA) is 102 Å². The summed E-state index contributed by atoms with van der Waals surface area (Å²) in [7, 11) is -3.05. The van der Waals surface area contributed by atoms with Crippen LogP contribution in [0, 0.1) is 11.8 Å². The van der Waals surface area contributed by atoms with Crippen LogP contribution in [-0.2, 0) is 25.3 Å². The first-order valence-corrected chi connectivity index (χ1v) is 11.8. The molecule has 1 aromatic rings. The Labute approximate surface area is 171 Å². The summed E-state index contributed by atoms with van der Waals surface area (Å²) in [4.78, 5) is 33.4. The maximum absolute atomic E-state index is 12.2. The number of hydrogen-bond donors (Lipinski definition) is 2. The number of carbonyl (C=O) groups excluding carboxylic acids is 2. The summed E-state index contributed by atoms with van der Waals surface area (Å²) >= 11 is 6.13. The molecule has 0 radical (unpaired) electrons. The lowest BCUT2D eigenvalue weighted by atomic mass is 10.1. The number of hydrogen-bond acceptors (Lipinski definition) is 5. The fourth-order valence-corrected chi connectivity index (χ4v) is 3.10. The second kappa shape index (κ2) is 10.8. The van der Waals surface area contributed by atoms with Crippen molar-refractivity contribution >= 4 is 36.7 Å². The minimum absolute atomic E-state index is 0.220. The molecule has 158 valence electrons. The highest BCUT2D eigenvalue weighted by Crippen LogP contribution is 2.36. The van der Waals surface area contributed by atoms with Crippen LogP contribution in [-0.4, -0.2) is 36.1 Å². The lowest BCUT2D eigenvalue weighted by Gasteiger charge is -2.22. The van der Waals surface area contributed by atoms with E-state index in [1.165, 1.54) is 6.66 Å². The van der Waals surface area contributed by atoms with Gasteiger partial charge < -0.3 is 14.4 Å². The first-order chi connectivity index (χ1) is 12.9. The Kier molecular flexibility index (Phi) is 9.48. The molecule has 0 heterocycles. The van der Waals surface area contributed by atoms with Gasteiger partial charge in [-0.3, -0.25) is 14.7 Å². The first-order valence-electron chi connectivity index (χ1n) is 9.15. The van der Waals surface area contributed by atoms with Gasteiger partial charge in [-0.2, -0.15) is 0 Å². The van der Waals surface area contributed by atoms with E-state index in [-0.39, 0.29) is 18.0 Å². The van der Waals surface area contributed by atoms with Crippen molar-refractivity contribution in [3.05, 3.63) is 28.8 Å². The molecule has 0 saturated heterocycles. The van der Waals surface area contributed by atoms with Crippen molar-refractivity contribution in [2.24, 2.45) is 11.8 Å². The summed E-state index contributed by atoms with van der Waals surface area (Å²) < 4.78 is 21.8. The molecule has 2 atom stereocenters. The van der Waals surface area contributed by atoms with Crippen LogP contribution in [0.3, 0.4) is 0 Å². The predicted octanol–water partition coefficient (Wildman–Crippen LogP) is 4.90. The van der Waals surface area contributed by atoms with Gasteiger partial charge in [0.15, 0.2) is 7.37 Å². The Morgan fingerprint density at radius 3 is 2.39 bits per heavy atom. The standard InChI is InChI=1S/C19H29ClNO6P/c1-12(2)17(22)26-18(13(3)4)27-19(23)21-16-11-14(8-9-15(16)20)7-6-10-28(5,24)25/h8-9,11-13,18H,6-7,10H2,1-5H3,(H,21,23)(H,24,25)/t18-/m1/s1. The molecule has 0 spiro atoms. The van der Waals surface area contributed by atoms with Crippen LogP contribution in [0.15, 0.2) is 18.2 Å². The van der Waals surface area contributed by atoms with Crippen LogP contribution in [0.4, 0.5) is 10.5 Å². The third-order valence-electron chi connectivity index (χ3n) is 3.78. The number of carbonyl (C=O) groups is 2. The van der Waals surface area contributed by atoms with E-state index in [1.54, 1.807) is 45.9 Å². The summed E-state index contributed by atoms with van der Waals surface area (Å²) in [6.07, 6.45) is -0.476. The van der Waals surface area contributed by atoms with Gasteiger partial charge in [0.1, 0.15) is 0 Å². The van der Waals surface area contributed by atoms with Crippen LogP contribution in [0.2, 0.25) is 5.02 Å². The SMILES string of the molecule is CC(C)C(=O)O[C@H](OC(=O)Nc1cc(CCCP(C)(=O)O)ccc1Cl)C(C)C. The smallest absolute Gasteiger partial charge is 0.414 e. The average molecular weight is 434 g/mol. The van der Waals surface area contributed by atoms with E-state index >= 15 is 0 Å². The minimum Gasteiger partial charge on any atom is -0.425 e. The number of benzene rings is 1. The second-order valence-electron chi connectivity index (χ2n) is 7.43. The normalized spacial score (nSPS) is 14.5. The molecule has 9 heteroatoms. The van der Waals surface area contributed by atoms with Gasteiger partial charge in [-0.15, -0.1) is 0 Å². The minimum atomic E-state index is -3.05. The number of halogens is 1. The van der Waals surface area contributed by atoms with Gasteiger partial charge in [-0.1, -0.05) is 45.4 Å². The molecule has 1 unspecified atom stereocenters. The van der Waals surface area contributed by atoms with E-state index < -0.39 is 25.7 Å². The monoisotopic (exact) mass is 433 g/mol. The highest BCUT2D eigenvalue weighted by molar-refractivity contribution is 7.57. The van der Waals surface area contributed by atoms with Gasteiger partial charge in [-0.25, -0.2) is 4.79 Å². The molecule has 1 rings (SSSR count). The number of nitrogens with one attached hydrogen (secondary N) is 1. The van der Waals surface area contributed by atoms with E-state index in [0.29, 0.717) is 23.6 Å². The van der Waals surface area contributed by atoms with Crippen LogP contribution < -0.4 is 5.32 Å². The summed E-state index contributed by atoms with van der Waals surface area (Å²) in [5.41, 5.74) is 1.21. The van der Waals surface area contributed by atoms with Crippen LogP contribution in [0.25, 0.3) is 0 Å². The number of esters is 1. The highest BCUT2D eigenvalue weighted by Gasteiger charge is 2.24. The van der Waals surface area contributed by atoms with Crippen LogP contribution >= 0.6 is 19.0 Å². The molecule has 28 heavy (non-hydrogen) atoms. The molecule has 0 fully saturated rings. The zero-order valence-electron chi connectivity index (χ0n) is 16.9. The maximum Gasteiger partial charge on any atom is 0.414 e. The fourth-order valence-electron chi connectivity index (χ4n) is 2.19. The predicted molar refractivity (Wildman–Crippen MR) is 110 cm³/mol. The zero-order valence-corrected chi connectivity index (χ0v) is 18.5. The van der Waals surface area contributed by atoms with Crippen molar-refractivity contribution in [1.82, 2.24) is 0 Å². The number of aryl methyl sites for hydroxylation is 1.